The smallest absolute Gasteiger partial charge is 0.297 e. The van der Waals surface area contributed by atoms with Crippen molar-refractivity contribution >= 4 is 23.1 Å². The van der Waals surface area contributed by atoms with E-state index in [1.165, 1.54) is 19.5 Å². The van der Waals surface area contributed by atoms with E-state index in [2.05, 4.69) is 28.4 Å². The zero-order valence-corrected chi connectivity index (χ0v) is 13.7. The SMILES string of the molecule is C=C/C=C(\C(=C)OC)c1cc(NC(=O)C(=O)c2ccccc2)ncn1. The van der Waals surface area contributed by atoms with E-state index in [4.69, 9.17) is 4.74 Å². The molecule has 1 amide bonds. The van der Waals surface area contributed by atoms with Crippen LogP contribution in [-0.4, -0.2) is 28.8 Å². The lowest BCUT2D eigenvalue weighted by Crippen LogP contribution is -2.23. The van der Waals surface area contributed by atoms with Gasteiger partial charge in [0.05, 0.1) is 12.8 Å². The van der Waals surface area contributed by atoms with Crippen molar-refractivity contribution in [3.05, 3.63) is 85.1 Å². The zero-order valence-electron chi connectivity index (χ0n) is 13.7. The summed E-state index contributed by atoms with van der Waals surface area (Å²) in [5, 5.41) is 2.47. The number of aromatic nitrogens is 2. The molecule has 6 nitrogen and oxygen atoms in total. The van der Waals surface area contributed by atoms with E-state index in [0.717, 1.165) is 0 Å². The number of hydrogen-bond acceptors (Lipinski definition) is 5. The van der Waals surface area contributed by atoms with Gasteiger partial charge in [-0.25, -0.2) is 9.97 Å². The molecule has 0 radical (unpaired) electrons. The molecule has 1 aromatic carbocycles. The maximum Gasteiger partial charge on any atom is 0.297 e. The summed E-state index contributed by atoms with van der Waals surface area (Å²) in [6.07, 6.45) is 4.52. The van der Waals surface area contributed by atoms with Crippen LogP contribution >= 0.6 is 0 Å². The second-order valence-electron chi connectivity index (χ2n) is 4.88. The predicted molar refractivity (Wildman–Crippen MR) is 95.8 cm³/mol. The number of methoxy groups -OCH3 is 1. The first-order valence-electron chi connectivity index (χ1n) is 7.36. The Balaban J connectivity index is 2.23. The third kappa shape index (κ3) is 4.48. The largest absolute Gasteiger partial charge is 0.497 e. The van der Waals surface area contributed by atoms with Crippen molar-refractivity contribution in [2.75, 3.05) is 12.4 Å². The van der Waals surface area contributed by atoms with Gasteiger partial charge in [-0.05, 0) is 6.08 Å². The number of nitrogens with one attached hydrogen (secondary N) is 1. The molecule has 0 atom stereocenters. The number of ether oxygens (including phenoxy) is 1. The van der Waals surface area contributed by atoms with Crippen LogP contribution in [0.3, 0.4) is 0 Å². The van der Waals surface area contributed by atoms with Crippen LogP contribution < -0.4 is 5.32 Å². The first-order valence-corrected chi connectivity index (χ1v) is 7.36. The van der Waals surface area contributed by atoms with Crippen LogP contribution in [-0.2, 0) is 9.53 Å². The molecule has 0 unspecified atom stereocenters. The lowest BCUT2D eigenvalue weighted by atomic mass is 10.1. The van der Waals surface area contributed by atoms with E-state index >= 15 is 0 Å². The Labute approximate surface area is 145 Å². The number of allylic oxidation sites excluding steroid dienone is 3. The third-order valence-corrected chi connectivity index (χ3v) is 3.26. The summed E-state index contributed by atoms with van der Waals surface area (Å²) in [7, 11) is 1.49. The molecule has 6 heteroatoms. The number of hydrogen-bond donors (Lipinski definition) is 1. The Morgan fingerprint density at radius 2 is 1.92 bits per heavy atom. The maximum atomic E-state index is 12.1. The van der Waals surface area contributed by atoms with Gasteiger partial charge in [-0.15, -0.1) is 0 Å². The van der Waals surface area contributed by atoms with Gasteiger partial charge in [0.15, 0.2) is 0 Å². The number of nitrogens with zero attached hydrogens (tertiary/aromatic N) is 2. The predicted octanol–water partition coefficient (Wildman–Crippen LogP) is 3.03. The summed E-state index contributed by atoms with van der Waals surface area (Å²) in [5.41, 5.74) is 1.36. The quantitative estimate of drug-likeness (QED) is 0.364. The molecule has 1 aromatic heterocycles. The van der Waals surface area contributed by atoms with Crippen LogP contribution in [0.5, 0.6) is 0 Å². The number of benzene rings is 1. The molecular weight excluding hydrogens is 318 g/mol. The first kappa shape index (κ1) is 17.8. The Kier molecular flexibility index (Phi) is 5.95. The summed E-state index contributed by atoms with van der Waals surface area (Å²) >= 11 is 0. The number of amides is 1. The van der Waals surface area contributed by atoms with Crippen molar-refractivity contribution < 1.29 is 14.3 Å². The van der Waals surface area contributed by atoms with Gasteiger partial charge in [0, 0.05) is 17.2 Å². The molecule has 0 aliphatic carbocycles. The lowest BCUT2D eigenvalue weighted by Gasteiger charge is -2.10. The lowest BCUT2D eigenvalue weighted by molar-refractivity contribution is -0.112. The number of carbonyl (C=O) groups excluding carboxylic acids is 2. The molecule has 1 heterocycles. The van der Waals surface area contributed by atoms with Crippen LogP contribution in [0.4, 0.5) is 5.82 Å². The average Bonchev–Trinajstić information content (AvgIpc) is 2.65. The van der Waals surface area contributed by atoms with E-state index in [-0.39, 0.29) is 5.82 Å². The van der Waals surface area contributed by atoms with Crippen LogP contribution in [0.25, 0.3) is 5.57 Å². The van der Waals surface area contributed by atoms with Crippen molar-refractivity contribution in [1.29, 1.82) is 0 Å². The molecule has 0 spiro atoms. The van der Waals surface area contributed by atoms with Gasteiger partial charge in [-0.1, -0.05) is 49.6 Å². The molecule has 2 rings (SSSR count). The molecule has 126 valence electrons. The second kappa shape index (κ2) is 8.35. The van der Waals surface area contributed by atoms with Gasteiger partial charge in [-0.3, -0.25) is 9.59 Å². The zero-order chi connectivity index (χ0) is 18.2. The van der Waals surface area contributed by atoms with Crippen molar-refractivity contribution in [2.24, 2.45) is 0 Å². The Morgan fingerprint density at radius 3 is 2.56 bits per heavy atom. The monoisotopic (exact) mass is 335 g/mol. The Morgan fingerprint density at radius 1 is 1.20 bits per heavy atom. The van der Waals surface area contributed by atoms with Crippen molar-refractivity contribution in [3.63, 3.8) is 0 Å². The fourth-order valence-corrected chi connectivity index (χ4v) is 2.02. The minimum atomic E-state index is -0.782. The van der Waals surface area contributed by atoms with Gasteiger partial charge < -0.3 is 10.1 Å². The van der Waals surface area contributed by atoms with E-state index in [1.807, 2.05) is 0 Å². The first-order chi connectivity index (χ1) is 12.1. The second-order valence-corrected chi connectivity index (χ2v) is 4.88. The highest BCUT2D eigenvalue weighted by Crippen LogP contribution is 2.22. The molecule has 1 N–H and O–H groups in total. The number of carbonyl (C=O) groups is 2. The molecule has 0 bridgehead atoms. The molecule has 0 saturated carbocycles. The highest BCUT2D eigenvalue weighted by atomic mass is 16.5. The molecular formula is C19H17N3O3. The topological polar surface area (TPSA) is 81.2 Å². The molecule has 0 aliphatic heterocycles. The number of ketones is 1. The van der Waals surface area contributed by atoms with E-state index < -0.39 is 11.7 Å². The summed E-state index contributed by atoms with van der Waals surface area (Å²) in [6.45, 7) is 7.43. The van der Waals surface area contributed by atoms with Gasteiger partial charge >= 0.3 is 0 Å². The van der Waals surface area contributed by atoms with Crippen LogP contribution in [0.1, 0.15) is 16.1 Å². The van der Waals surface area contributed by atoms with Crippen LogP contribution in [0, 0.1) is 0 Å². The Bertz CT molecular complexity index is 842. The molecule has 0 aliphatic rings. The van der Waals surface area contributed by atoms with E-state index in [1.54, 1.807) is 42.5 Å². The number of Topliss-reactive ketones (excluding diaryl/α,β-unsaturated/α-hetero) is 1. The third-order valence-electron chi connectivity index (χ3n) is 3.26. The minimum absolute atomic E-state index is 0.193. The molecule has 2 aromatic rings. The summed E-state index contributed by atoms with van der Waals surface area (Å²) in [4.78, 5) is 32.3. The molecule has 0 saturated heterocycles. The van der Waals surface area contributed by atoms with Crippen LogP contribution in [0.15, 0.2) is 73.8 Å². The van der Waals surface area contributed by atoms with Crippen molar-refractivity contribution in [3.8, 4) is 0 Å². The van der Waals surface area contributed by atoms with Gasteiger partial charge in [0.25, 0.3) is 11.7 Å². The van der Waals surface area contributed by atoms with Gasteiger partial charge in [-0.2, -0.15) is 0 Å². The Hall–Kier alpha value is -3.54. The van der Waals surface area contributed by atoms with Gasteiger partial charge in [0.1, 0.15) is 17.9 Å². The number of anilines is 1. The standard InChI is InChI=1S/C19H17N3O3/c1-4-8-15(13(2)25-3)16-11-17(21-12-20-16)22-19(24)18(23)14-9-6-5-7-10-14/h4-12H,1-2H2,3H3,(H,20,21,22,24)/b15-8+. The summed E-state index contributed by atoms with van der Waals surface area (Å²) in [5.74, 6) is -0.853. The van der Waals surface area contributed by atoms with E-state index in [9.17, 15) is 9.59 Å². The summed E-state index contributed by atoms with van der Waals surface area (Å²) in [6, 6.07) is 9.80. The highest BCUT2D eigenvalue weighted by Gasteiger charge is 2.17. The average molecular weight is 335 g/mol. The van der Waals surface area contributed by atoms with Crippen LogP contribution in [0.2, 0.25) is 0 Å². The van der Waals surface area contributed by atoms with Crippen molar-refractivity contribution in [1.82, 2.24) is 9.97 Å². The highest BCUT2D eigenvalue weighted by molar-refractivity contribution is 6.46. The molecule has 25 heavy (non-hydrogen) atoms. The normalized spacial score (nSPS) is 10.7. The fraction of sp³-hybridized carbons (Fsp3) is 0.0526. The van der Waals surface area contributed by atoms with E-state index in [0.29, 0.717) is 22.6 Å². The number of rotatable bonds is 7. The maximum absolute atomic E-state index is 12.1. The summed E-state index contributed by atoms with van der Waals surface area (Å²) < 4.78 is 5.12. The molecule has 0 fully saturated rings. The minimum Gasteiger partial charge on any atom is -0.497 e. The fourth-order valence-electron chi connectivity index (χ4n) is 2.02. The van der Waals surface area contributed by atoms with Crippen molar-refractivity contribution in [2.45, 2.75) is 0 Å². The van der Waals surface area contributed by atoms with Gasteiger partial charge in [0.2, 0.25) is 0 Å².